The summed E-state index contributed by atoms with van der Waals surface area (Å²) in [5.74, 6) is 0.151. The summed E-state index contributed by atoms with van der Waals surface area (Å²) in [6, 6.07) is 28.8. The number of hydrogen-bond donors (Lipinski definition) is 0. The van der Waals surface area contributed by atoms with Crippen LogP contribution >= 0.6 is 0 Å². The van der Waals surface area contributed by atoms with Gasteiger partial charge < -0.3 is 0 Å². The molecular weight excluding hydrogens is 354 g/mol. The minimum atomic E-state index is 0.151. The number of nitrogens with zero attached hydrogens (tertiary/aromatic N) is 1. The molecule has 3 aromatic rings. The average molecular weight is 380 g/mol. The van der Waals surface area contributed by atoms with Gasteiger partial charge in [0.25, 0.3) is 0 Å². The Hall–Kier alpha value is -3.23. The number of carbonyl (C=O) groups excluding carboxylic acids is 1. The highest BCUT2D eigenvalue weighted by molar-refractivity contribution is 6.14. The summed E-state index contributed by atoms with van der Waals surface area (Å²) >= 11 is 0. The first-order chi connectivity index (χ1) is 14.2. The second-order valence-electron chi connectivity index (χ2n) is 7.62. The van der Waals surface area contributed by atoms with Gasteiger partial charge in [0.05, 0.1) is 0 Å². The van der Waals surface area contributed by atoms with Crippen LogP contribution in [-0.4, -0.2) is 23.8 Å². The number of Topliss-reactive ketones (excluding diaryl/α,β-unsaturated/α-hetero) is 1. The molecule has 0 saturated carbocycles. The zero-order valence-electron chi connectivity index (χ0n) is 16.7. The number of hydrogen-bond acceptors (Lipinski definition) is 2. The summed E-state index contributed by atoms with van der Waals surface area (Å²) in [7, 11) is 0. The van der Waals surface area contributed by atoms with Crippen LogP contribution in [0, 0.1) is 6.92 Å². The molecule has 0 amide bonds. The predicted octanol–water partition coefficient (Wildman–Crippen LogP) is 5.55. The lowest BCUT2D eigenvalue weighted by Crippen LogP contribution is -2.37. The largest absolute Gasteiger partial charge is 0.290 e. The standard InChI is InChI=1S/C27H25NO/c1-21-12-14-24(15-13-21)18-28-19-25(16-22-8-4-2-5-9-22)27(29)26(20-28)17-23-10-6-3-7-11-23/h2-17H,18-20H2,1H3/b25-16+,26-17+. The first-order valence-electron chi connectivity index (χ1n) is 10.0. The minimum Gasteiger partial charge on any atom is -0.290 e. The molecule has 2 heteroatoms. The Bertz CT molecular complexity index is 969. The van der Waals surface area contributed by atoms with Gasteiger partial charge in [0.1, 0.15) is 0 Å². The van der Waals surface area contributed by atoms with E-state index >= 15 is 0 Å². The van der Waals surface area contributed by atoms with Gasteiger partial charge in [0, 0.05) is 30.8 Å². The second kappa shape index (κ2) is 8.85. The van der Waals surface area contributed by atoms with Gasteiger partial charge in [-0.2, -0.15) is 0 Å². The zero-order valence-corrected chi connectivity index (χ0v) is 16.7. The highest BCUT2D eigenvalue weighted by Crippen LogP contribution is 2.23. The van der Waals surface area contributed by atoms with Crippen LogP contribution < -0.4 is 0 Å². The summed E-state index contributed by atoms with van der Waals surface area (Å²) in [6.07, 6.45) is 4.06. The lowest BCUT2D eigenvalue weighted by molar-refractivity contribution is -0.113. The summed E-state index contributed by atoms with van der Waals surface area (Å²) in [6.45, 7) is 4.25. The predicted molar refractivity (Wildman–Crippen MR) is 120 cm³/mol. The van der Waals surface area contributed by atoms with Gasteiger partial charge in [-0.25, -0.2) is 0 Å². The molecule has 0 radical (unpaired) electrons. The number of carbonyl (C=O) groups is 1. The Labute approximate surface area is 172 Å². The van der Waals surface area contributed by atoms with Crippen LogP contribution in [0.25, 0.3) is 12.2 Å². The van der Waals surface area contributed by atoms with Crippen molar-refractivity contribution in [3.63, 3.8) is 0 Å². The van der Waals surface area contributed by atoms with Gasteiger partial charge in [0.15, 0.2) is 5.78 Å². The van der Waals surface area contributed by atoms with Crippen LogP contribution in [-0.2, 0) is 11.3 Å². The number of likely N-dealkylation sites (tertiary alicyclic amines) is 1. The quantitative estimate of drug-likeness (QED) is 0.554. The van der Waals surface area contributed by atoms with Crippen molar-refractivity contribution in [3.8, 4) is 0 Å². The van der Waals surface area contributed by atoms with E-state index in [0.29, 0.717) is 13.1 Å². The number of piperidine rings is 1. The van der Waals surface area contributed by atoms with Crippen LogP contribution in [0.2, 0.25) is 0 Å². The lowest BCUT2D eigenvalue weighted by Gasteiger charge is -2.30. The number of rotatable bonds is 4. The molecule has 0 bridgehead atoms. The molecule has 0 N–H and O–H groups in total. The topological polar surface area (TPSA) is 20.3 Å². The molecular formula is C27H25NO. The fourth-order valence-electron chi connectivity index (χ4n) is 3.67. The summed E-state index contributed by atoms with van der Waals surface area (Å²) in [5.41, 5.74) is 6.34. The van der Waals surface area contributed by atoms with Crippen molar-refractivity contribution in [1.82, 2.24) is 4.90 Å². The lowest BCUT2D eigenvalue weighted by atomic mass is 9.94. The van der Waals surface area contributed by atoms with E-state index in [0.717, 1.165) is 28.8 Å². The monoisotopic (exact) mass is 379 g/mol. The molecule has 2 nitrogen and oxygen atoms in total. The summed E-state index contributed by atoms with van der Waals surface area (Å²) in [5, 5.41) is 0. The molecule has 0 spiro atoms. The van der Waals surface area contributed by atoms with Crippen LogP contribution in [0.5, 0.6) is 0 Å². The molecule has 1 aliphatic heterocycles. The fraction of sp³-hybridized carbons (Fsp3) is 0.148. The average Bonchev–Trinajstić information content (AvgIpc) is 2.74. The SMILES string of the molecule is Cc1ccc(CN2C/C(=C\c3ccccc3)C(=O)/C(=C/c3ccccc3)C2)cc1. The van der Waals surface area contributed by atoms with E-state index < -0.39 is 0 Å². The third-order valence-electron chi connectivity index (χ3n) is 5.18. The Morgan fingerprint density at radius 2 is 1.21 bits per heavy atom. The third-order valence-corrected chi connectivity index (χ3v) is 5.18. The van der Waals surface area contributed by atoms with Crippen LogP contribution in [0.4, 0.5) is 0 Å². The zero-order chi connectivity index (χ0) is 20.1. The van der Waals surface area contributed by atoms with Gasteiger partial charge in [-0.05, 0) is 35.8 Å². The van der Waals surface area contributed by atoms with Gasteiger partial charge >= 0.3 is 0 Å². The number of aryl methyl sites for hydroxylation is 1. The van der Waals surface area contributed by atoms with Gasteiger partial charge in [-0.1, -0.05) is 90.5 Å². The van der Waals surface area contributed by atoms with Crippen molar-refractivity contribution in [1.29, 1.82) is 0 Å². The van der Waals surface area contributed by atoms with E-state index in [1.807, 2.05) is 72.8 Å². The number of ketones is 1. The molecule has 1 aliphatic rings. The second-order valence-corrected chi connectivity index (χ2v) is 7.62. The fourth-order valence-corrected chi connectivity index (χ4v) is 3.67. The van der Waals surface area contributed by atoms with Gasteiger partial charge in [-0.3, -0.25) is 9.69 Å². The number of benzene rings is 3. The Morgan fingerprint density at radius 3 is 1.69 bits per heavy atom. The molecule has 0 atom stereocenters. The third kappa shape index (κ3) is 4.98. The highest BCUT2D eigenvalue weighted by atomic mass is 16.1. The molecule has 0 unspecified atom stereocenters. The molecule has 0 aromatic heterocycles. The van der Waals surface area contributed by atoms with E-state index in [4.69, 9.17) is 0 Å². The van der Waals surface area contributed by atoms with E-state index in [1.54, 1.807) is 0 Å². The molecule has 0 aliphatic carbocycles. The van der Waals surface area contributed by atoms with E-state index in [1.165, 1.54) is 11.1 Å². The summed E-state index contributed by atoms with van der Waals surface area (Å²) in [4.78, 5) is 15.6. The van der Waals surface area contributed by atoms with Crippen molar-refractivity contribution >= 4 is 17.9 Å². The molecule has 3 aromatic carbocycles. The van der Waals surface area contributed by atoms with E-state index in [-0.39, 0.29) is 5.78 Å². The van der Waals surface area contributed by atoms with Crippen molar-refractivity contribution in [2.24, 2.45) is 0 Å². The van der Waals surface area contributed by atoms with Crippen LogP contribution in [0.15, 0.2) is 96.1 Å². The Balaban J connectivity index is 1.65. The normalized spacial score (nSPS) is 17.8. The Kier molecular flexibility index (Phi) is 5.83. The van der Waals surface area contributed by atoms with Crippen molar-refractivity contribution in [2.45, 2.75) is 13.5 Å². The molecule has 4 rings (SSSR count). The minimum absolute atomic E-state index is 0.151. The maximum absolute atomic E-state index is 13.2. The highest BCUT2D eigenvalue weighted by Gasteiger charge is 2.26. The Morgan fingerprint density at radius 1 is 0.724 bits per heavy atom. The van der Waals surface area contributed by atoms with Crippen LogP contribution in [0.1, 0.15) is 22.3 Å². The first-order valence-corrected chi connectivity index (χ1v) is 10.0. The van der Waals surface area contributed by atoms with Gasteiger partial charge in [0.2, 0.25) is 0 Å². The molecule has 29 heavy (non-hydrogen) atoms. The smallest absolute Gasteiger partial charge is 0.187 e. The maximum Gasteiger partial charge on any atom is 0.187 e. The van der Waals surface area contributed by atoms with Crippen molar-refractivity contribution in [3.05, 3.63) is 118 Å². The molecule has 1 saturated heterocycles. The van der Waals surface area contributed by atoms with E-state index in [2.05, 4.69) is 36.1 Å². The van der Waals surface area contributed by atoms with E-state index in [9.17, 15) is 4.79 Å². The van der Waals surface area contributed by atoms with Crippen molar-refractivity contribution in [2.75, 3.05) is 13.1 Å². The first kappa shape index (κ1) is 19.1. The maximum atomic E-state index is 13.2. The van der Waals surface area contributed by atoms with Crippen LogP contribution in [0.3, 0.4) is 0 Å². The molecule has 144 valence electrons. The molecule has 1 fully saturated rings. The summed E-state index contributed by atoms with van der Waals surface area (Å²) < 4.78 is 0. The van der Waals surface area contributed by atoms with Gasteiger partial charge in [-0.15, -0.1) is 0 Å². The molecule has 1 heterocycles. The van der Waals surface area contributed by atoms with Crippen molar-refractivity contribution < 1.29 is 4.79 Å².